The molecule has 1 atom stereocenters. The number of aliphatic hydroxyl groups excluding tert-OH is 1. The quantitative estimate of drug-likeness (QED) is 0.474. The van der Waals surface area contributed by atoms with Crippen molar-refractivity contribution in [2.75, 3.05) is 39.3 Å². The summed E-state index contributed by atoms with van der Waals surface area (Å²) in [5.41, 5.74) is 0.231. The third-order valence-electron chi connectivity index (χ3n) is 6.09. The SMILES string of the molecule is C[C@@](Cc1ccc(F)cc1)(NC(=O)c1cc2cc(Cl)cnc2[nH]1)C(=O)N1CCN(CCO)CC1. The van der Waals surface area contributed by atoms with E-state index in [2.05, 4.69) is 20.2 Å². The van der Waals surface area contributed by atoms with Crippen molar-refractivity contribution in [1.82, 2.24) is 25.1 Å². The second-order valence-corrected chi connectivity index (χ2v) is 9.16. The van der Waals surface area contributed by atoms with Crippen LogP contribution in [0.2, 0.25) is 5.02 Å². The zero-order chi connectivity index (χ0) is 24.3. The standard InChI is InChI=1S/C24H27ClFN5O3/c1-24(14-16-2-4-19(26)5-3-16,23(34)31-8-6-30(7-9-31)10-11-32)29-22(33)20-13-17-12-18(25)15-27-21(17)28-20/h2-5,12-13,15,32H,6-11,14H2,1H3,(H,27,28)(H,29,33)/t24-/m0/s1. The maximum Gasteiger partial charge on any atom is 0.268 e. The van der Waals surface area contributed by atoms with Crippen LogP contribution in [0.4, 0.5) is 4.39 Å². The fourth-order valence-electron chi connectivity index (χ4n) is 4.28. The molecule has 1 saturated heterocycles. The first-order valence-electron chi connectivity index (χ1n) is 11.1. The molecule has 1 aromatic carbocycles. The fraction of sp³-hybridized carbons (Fsp3) is 0.375. The molecule has 1 aliphatic heterocycles. The largest absolute Gasteiger partial charge is 0.395 e. The average Bonchev–Trinajstić information content (AvgIpc) is 3.24. The van der Waals surface area contributed by atoms with Gasteiger partial charge in [0.2, 0.25) is 5.91 Å². The Bertz CT molecular complexity index is 1180. The average molecular weight is 488 g/mol. The molecule has 0 unspecified atom stereocenters. The van der Waals surface area contributed by atoms with Gasteiger partial charge in [0.15, 0.2) is 0 Å². The highest BCUT2D eigenvalue weighted by Gasteiger charge is 2.39. The van der Waals surface area contributed by atoms with E-state index in [1.165, 1.54) is 18.3 Å². The predicted molar refractivity (Wildman–Crippen MR) is 127 cm³/mol. The number of H-pyrrole nitrogens is 1. The molecule has 3 heterocycles. The van der Waals surface area contributed by atoms with Crippen molar-refractivity contribution in [3.05, 3.63) is 64.7 Å². The first-order chi connectivity index (χ1) is 16.3. The molecule has 0 spiro atoms. The molecular weight excluding hydrogens is 461 g/mol. The van der Waals surface area contributed by atoms with Gasteiger partial charge in [-0.2, -0.15) is 0 Å². The van der Waals surface area contributed by atoms with E-state index < -0.39 is 11.4 Å². The fourth-order valence-corrected chi connectivity index (χ4v) is 4.44. The summed E-state index contributed by atoms with van der Waals surface area (Å²) < 4.78 is 13.4. The number of hydrogen-bond donors (Lipinski definition) is 3. The van der Waals surface area contributed by atoms with E-state index in [9.17, 15) is 19.1 Å². The molecule has 0 radical (unpaired) electrons. The van der Waals surface area contributed by atoms with Crippen LogP contribution in [0.25, 0.3) is 11.0 Å². The summed E-state index contributed by atoms with van der Waals surface area (Å²) in [7, 11) is 0. The van der Waals surface area contributed by atoms with Crippen LogP contribution in [0.15, 0.2) is 42.6 Å². The van der Waals surface area contributed by atoms with Crippen molar-refractivity contribution in [1.29, 1.82) is 0 Å². The van der Waals surface area contributed by atoms with Gasteiger partial charge in [-0.25, -0.2) is 9.37 Å². The first kappa shape index (κ1) is 24.1. The number of rotatable bonds is 7. The van der Waals surface area contributed by atoms with Gasteiger partial charge in [-0.1, -0.05) is 23.7 Å². The van der Waals surface area contributed by atoms with Gasteiger partial charge in [-0.05, 0) is 36.8 Å². The van der Waals surface area contributed by atoms with Crippen LogP contribution < -0.4 is 5.32 Å². The maximum atomic E-state index is 13.7. The van der Waals surface area contributed by atoms with E-state index in [4.69, 9.17) is 11.6 Å². The van der Waals surface area contributed by atoms with Crippen LogP contribution in [-0.2, 0) is 11.2 Å². The molecular formula is C24H27ClFN5O3. The van der Waals surface area contributed by atoms with Gasteiger partial charge in [0.05, 0.1) is 11.6 Å². The predicted octanol–water partition coefficient (Wildman–Crippen LogP) is 2.22. The van der Waals surface area contributed by atoms with Crippen LogP contribution >= 0.6 is 11.6 Å². The van der Waals surface area contributed by atoms with E-state index >= 15 is 0 Å². The zero-order valence-corrected chi connectivity index (χ0v) is 19.6. The molecule has 10 heteroatoms. The minimum Gasteiger partial charge on any atom is -0.395 e. The second kappa shape index (κ2) is 10.1. The van der Waals surface area contributed by atoms with Crippen LogP contribution in [0.3, 0.4) is 0 Å². The molecule has 0 bridgehead atoms. The van der Waals surface area contributed by atoms with E-state index in [1.807, 2.05) is 0 Å². The van der Waals surface area contributed by atoms with Gasteiger partial charge in [-0.15, -0.1) is 0 Å². The van der Waals surface area contributed by atoms with Crippen molar-refractivity contribution in [2.45, 2.75) is 18.9 Å². The zero-order valence-electron chi connectivity index (χ0n) is 18.9. The Hall–Kier alpha value is -3.01. The smallest absolute Gasteiger partial charge is 0.268 e. The Kier molecular flexibility index (Phi) is 7.16. The van der Waals surface area contributed by atoms with Crippen LogP contribution in [0.5, 0.6) is 0 Å². The number of hydrogen-bond acceptors (Lipinski definition) is 5. The van der Waals surface area contributed by atoms with Crippen LogP contribution in [-0.4, -0.2) is 81.6 Å². The van der Waals surface area contributed by atoms with Gasteiger partial charge >= 0.3 is 0 Å². The van der Waals surface area contributed by atoms with Crippen LogP contribution in [0, 0.1) is 5.82 Å². The van der Waals surface area contributed by atoms with Crippen molar-refractivity contribution in [3.8, 4) is 0 Å². The van der Waals surface area contributed by atoms with Crippen LogP contribution in [0.1, 0.15) is 23.0 Å². The van der Waals surface area contributed by atoms with Crippen molar-refractivity contribution in [3.63, 3.8) is 0 Å². The van der Waals surface area contributed by atoms with Crippen molar-refractivity contribution in [2.24, 2.45) is 0 Å². The Morgan fingerprint density at radius 2 is 1.91 bits per heavy atom. The summed E-state index contributed by atoms with van der Waals surface area (Å²) in [6.45, 7) is 4.57. The molecule has 34 heavy (non-hydrogen) atoms. The topological polar surface area (TPSA) is 102 Å². The second-order valence-electron chi connectivity index (χ2n) is 8.72. The van der Waals surface area contributed by atoms with Gasteiger partial charge < -0.3 is 20.3 Å². The van der Waals surface area contributed by atoms with Crippen molar-refractivity contribution < 1.29 is 19.1 Å². The molecule has 3 aromatic rings. The number of aromatic amines is 1. The summed E-state index contributed by atoms with van der Waals surface area (Å²) in [4.78, 5) is 37.8. The Morgan fingerprint density at radius 3 is 2.59 bits per heavy atom. The number of halogens is 2. The third kappa shape index (κ3) is 5.38. The number of carbonyl (C=O) groups excluding carboxylic acids is 2. The lowest BCUT2D eigenvalue weighted by molar-refractivity contribution is -0.139. The molecule has 1 aliphatic rings. The maximum absolute atomic E-state index is 13.7. The Morgan fingerprint density at radius 1 is 1.21 bits per heavy atom. The molecule has 2 amide bonds. The lowest BCUT2D eigenvalue weighted by atomic mass is 9.90. The molecule has 8 nitrogen and oxygen atoms in total. The van der Waals surface area contributed by atoms with Gasteiger partial charge in [0.25, 0.3) is 5.91 Å². The molecule has 180 valence electrons. The van der Waals surface area contributed by atoms with E-state index in [0.717, 1.165) is 5.56 Å². The Balaban J connectivity index is 1.57. The summed E-state index contributed by atoms with van der Waals surface area (Å²) in [6, 6.07) is 9.24. The highest BCUT2D eigenvalue weighted by atomic mass is 35.5. The summed E-state index contributed by atoms with van der Waals surface area (Å²) in [6.07, 6.45) is 1.68. The normalized spacial score (nSPS) is 16.4. The summed E-state index contributed by atoms with van der Waals surface area (Å²) in [5.74, 6) is -1.04. The van der Waals surface area contributed by atoms with E-state index in [0.29, 0.717) is 48.8 Å². The number of benzene rings is 1. The van der Waals surface area contributed by atoms with Gasteiger partial charge in [0.1, 0.15) is 22.7 Å². The molecule has 2 aromatic heterocycles. The highest BCUT2D eigenvalue weighted by molar-refractivity contribution is 6.31. The summed E-state index contributed by atoms with van der Waals surface area (Å²) in [5, 5.41) is 13.2. The molecule has 4 rings (SSSR count). The minimum atomic E-state index is -1.27. The monoisotopic (exact) mass is 487 g/mol. The van der Waals surface area contributed by atoms with Gasteiger partial charge in [0, 0.05) is 50.7 Å². The van der Waals surface area contributed by atoms with Crippen molar-refractivity contribution >= 4 is 34.4 Å². The van der Waals surface area contributed by atoms with Gasteiger partial charge in [-0.3, -0.25) is 14.5 Å². The molecule has 3 N–H and O–H groups in total. The number of nitrogens with one attached hydrogen (secondary N) is 2. The third-order valence-corrected chi connectivity index (χ3v) is 6.30. The number of nitrogens with zero attached hydrogens (tertiary/aromatic N) is 3. The number of aromatic nitrogens is 2. The number of amides is 2. The number of aliphatic hydroxyl groups is 1. The first-order valence-corrected chi connectivity index (χ1v) is 11.5. The number of pyridine rings is 1. The molecule has 1 fully saturated rings. The summed E-state index contributed by atoms with van der Waals surface area (Å²) >= 11 is 6.00. The Labute approximate surface area is 201 Å². The lowest BCUT2D eigenvalue weighted by Gasteiger charge is -2.40. The highest BCUT2D eigenvalue weighted by Crippen LogP contribution is 2.22. The lowest BCUT2D eigenvalue weighted by Crippen LogP contribution is -2.62. The molecule has 0 saturated carbocycles. The van der Waals surface area contributed by atoms with E-state index in [1.54, 1.807) is 36.1 Å². The number of fused-ring (bicyclic) bond motifs is 1. The number of carbonyl (C=O) groups is 2. The minimum absolute atomic E-state index is 0.0663. The van der Waals surface area contributed by atoms with E-state index in [-0.39, 0.29) is 30.4 Å². The number of piperazine rings is 1. The number of β-amino-alcohol motifs (C(OH)–C–C–N with tert-alkyl or cyclic N) is 1. The molecule has 0 aliphatic carbocycles.